The molecule has 1 saturated heterocycles. The number of anilines is 1. The SMILES string of the molecule is C[C@H]1CN(C(=O)OC(C)(C)C)CCN1c1cc(C#N)cc(Br)c1O. The Bertz CT molecular complexity index is 679. The first kappa shape index (κ1) is 18.4. The first-order chi connectivity index (χ1) is 11.1. The van der Waals surface area contributed by atoms with Gasteiger partial charge in [-0.25, -0.2) is 4.79 Å². The number of nitrogens with zero attached hydrogens (tertiary/aromatic N) is 3. The van der Waals surface area contributed by atoms with Crippen molar-refractivity contribution in [3.8, 4) is 11.8 Å². The Morgan fingerprint density at radius 1 is 1.42 bits per heavy atom. The van der Waals surface area contributed by atoms with Gasteiger partial charge in [0.1, 0.15) is 5.60 Å². The van der Waals surface area contributed by atoms with Crippen molar-refractivity contribution in [2.75, 3.05) is 24.5 Å². The summed E-state index contributed by atoms with van der Waals surface area (Å²) in [6.07, 6.45) is -0.329. The van der Waals surface area contributed by atoms with E-state index in [1.165, 1.54) is 0 Å². The standard InChI is InChI=1S/C17H22BrN3O3/c1-11-10-20(16(23)24-17(2,3)4)5-6-21(11)14-8-12(9-19)7-13(18)15(14)22/h7-8,11,22H,5-6,10H2,1-4H3/t11-/m0/s1. The Morgan fingerprint density at radius 3 is 2.62 bits per heavy atom. The zero-order chi connectivity index (χ0) is 18.1. The van der Waals surface area contributed by atoms with Gasteiger partial charge < -0.3 is 19.6 Å². The normalized spacial score (nSPS) is 18.2. The average Bonchev–Trinajstić information content (AvgIpc) is 2.48. The minimum absolute atomic E-state index is 0.0157. The molecule has 2 rings (SSSR count). The molecule has 1 amide bonds. The Morgan fingerprint density at radius 2 is 2.08 bits per heavy atom. The van der Waals surface area contributed by atoms with E-state index in [2.05, 4.69) is 22.0 Å². The minimum atomic E-state index is -0.526. The van der Waals surface area contributed by atoms with E-state index in [-0.39, 0.29) is 17.9 Å². The number of halogens is 1. The zero-order valence-corrected chi connectivity index (χ0v) is 15.9. The van der Waals surface area contributed by atoms with Crippen LogP contribution in [0.4, 0.5) is 10.5 Å². The molecule has 0 spiro atoms. The summed E-state index contributed by atoms with van der Waals surface area (Å²) in [4.78, 5) is 15.9. The number of phenols is 1. The van der Waals surface area contributed by atoms with Gasteiger partial charge in [-0.05, 0) is 55.8 Å². The van der Waals surface area contributed by atoms with E-state index in [4.69, 9.17) is 10.00 Å². The molecule has 1 heterocycles. The molecule has 24 heavy (non-hydrogen) atoms. The van der Waals surface area contributed by atoms with E-state index in [1.807, 2.05) is 32.6 Å². The van der Waals surface area contributed by atoms with Gasteiger partial charge in [0.05, 0.1) is 21.8 Å². The third-order valence-electron chi connectivity index (χ3n) is 3.76. The molecule has 1 aromatic carbocycles. The van der Waals surface area contributed by atoms with Crippen molar-refractivity contribution in [1.29, 1.82) is 5.26 Å². The Labute approximate surface area is 150 Å². The number of ether oxygens (including phenoxy) is 1. The number of aromatic hydroxyl groups is 1. The van der Waals surface area contributed by atoms with E-state index >= 15 is 0 Å². The maximum atomic E-state index is 12.2. The highest BCUT2D eigenvalue weighted by atomic mass is 79.9. The lowest BCUT2D eigenvalue weighted by Gasteiger charge is -2.41. The molecule has 1 atom stereocenters. The number of carbonyl (C=O) groups is 1. The highest BCUT2D eigenvalue weighted by Gasteiger charge is 2.31. The van der Waals surface area contributed by atoms with E-state index in [0.29, 0.717) is 35.4 Å². The van der Waals surface area contributed by atoms with Crippen LogP contribution in [0.15, 0.2) is 16.6 Å². The molecule has 0 saturated carbocycles. The number of nitriles is 1. The molecule has 1 N–H and O–H groups in total. The van der Waals surface area contributed by atoms with Crippen LogP contribution in [0.5, 0.6) is 5.75 Å². The first-order valence-electron chi connectivity index (χ1n) is 7.79. The summed E-state index contributed by atoms with van der Waals surface area (Å²) in [7, 11) is 0. The lowest BCUT2D eigenvalue weighted by molar-refractivity contribution is 0.0218. The smallest absolute Gasteiger partial charge is 0.410 e. The number of benzene rings is 1. The van der Waals surface area contributed by atoms with Crippen LogP contribution in [0.2, 0.25) is 0 Å². The van der Waals surface area contributed by atoms with Crippen LogP contribution >= 0.6 is 15.9 Å². The second-order valence-corrected chi connectivity index (χ2v) is 7.76. The monoisotopic (exact) mass is 395 g/mol. The molecule has 1 aliphatic heterocycles. The second-order valence-electron chi connectivity index (χ2n) is 6.91. The minimum Gasteiger partial charge on any atom is -0.505 e. The van der Waals surface area contributed by atoms with Crippen molar-refractivity contribution >= 4 is 27.7 Å². The van der Waals surface area contributed by atoms with Gasteiger partial charge in [0.2, 0.25) is 0 Å². The number of phenolic OH excluding ortho intramolecular Hbond substituents is 1. The molecule has 7 heteroatoms. The van der Waals surface area contributed by atoms with Crippen LogP contribution in [0, 0.1) is 11.3 Å². The number of piperazine rings is 1. The Balaban J connectivity index is 2.16. The van der Waals surface area contributed by atoms with Crippen LogP contribution in [-0.4, -0.2) is 47.4 Å². The lowest BCUT2D eigenvalue weighted by Crippen LogP contribution is -2.54. The van der Waals surface area contributed by atoms with Crippen molar-refractivity contribution in [1.82, 2.24) is 4.90 Å². The first-order valence-corrected chi connectivity index (χ1v) is 8.59. The molecular weight excluding hydrogens is 374 g/mol. The molecule has 0 aromatic heterocycles. The molecule has 0 aliphatic carbocycles. The van der Waals surface area contributed by atoms with Crippen molar-refractivity contribution in [2.24, 2.45) is 0 Å². The summed E-state index contributed by atoms with van der Waals surface area (Å²) in [6, 6.07) is 5.32. The van der Waals surface area contributed by atoms with Gasteiger partial charge >= 0.3 is 6.09 Å². The number of hydrogen-bond donors (Lipinski definition) is 1. The molecule has 1 fully saturated rings. The summed E-state index contributed by atoms with van der Waals surface area (Å²) in [5, 5.41) is 19.4. The lowest BCUT2D eigenvalue weighted by atomic mass is 10.1. The topological polar surface area (TPSA) is 76.8 Å². The summed E-state index contributed by atoms with van der Waals surface area (Å²) in [5.41, 5.74) is 0.538. The fraction of sp³-hybridized carbons (Fsp3) is 0.529. The van der Waals surface area contributed by atoms with Crippen molar-refractivity contribution in [3.63, 3.8) is 0 Å². The molecular formula is C17H22BrN3O3. The third-order valence-corrected chi connectivity index (χ3v) is 4.37. The average molecular weight is 396 g/mol. The van der Waals surface area contributed by atoms with Crippen molar-refractivity contribution in [3.05, 3.63) is 22.2 Å². The maximum absolute atomic E-state index is 12.2. The van der Waals surface area contributed by atoms with Gasteiger partial charge in [-0.3, -0.25) is 0 Å². The number of hydrogen-bond acceptors (Lipinski definition) is 5. The van der Waals surface area contributed by atoms with Gasteiger partial charge in [0.25, 0.3) is 0 Å². The van der Waals surface area contributed by atoms with Gasteiger partial charge in [0.15, 0.2) is 5.75 Å². The van der Waals surface area contributed by atoms with E-state index in [1.54, 1.807) is 17.0 Å². The summed E-state index contributed by atoms with van der Waals surface area (Å²) >= 11 is 3.28. The highest BCUT2D eigenvalue weighted by Crippen LogP contribution is 2.37. The van der Waals surface area contributed by atoms with E-state index in [9.17, 15) is 9.90 Å². The van der Waals surface area contributed by atoms with Crippen molar-refractivity contribution in [2.45, 2.75) is 39.3 Å². The van der Waals surface area contributed by atoms with Crippen LogP contribution < -0.4 is 4.90 Å². The highest BCUT2D eigenvalue weighted by molar-refractivity contribution is 9.10. The molecule has 0 radical (unpaired) electrons. The summed E-state index contributed by atoms with van der Waals surface area (Å²) < 4.78 is 5.90. The Kier molecular flexibility index (Phi) is 5.29. The quantitative estimate of drug-likeness (QED) is 0.787. The van der Waals surface area contributed by atoms with Gasteiger partial charge in [-0.2, -0.15) is 5.26 Å². The summed E-state index contributed by atoms with van der Waals surface area (Å²) in [5.74, 6) is 0.103. The molecule has 1 aliphatic rings. The third kappa shape index (κ3) is 4.12. The fourth-order valence-corrected chi connectivity index (χ4v) is 3.13. The van der Waals surface area contributed by atoms with Crippen LogP contribution in [0.3, 0.4) is 0 Å². The number of carbonyl (C=O) groups excluding carboxylic acids is 1. The van der Waals surface area contributed by atoms with Crippen LogP contribution in [0.25, 0.3) is 0 Å². The van der Waals surface area contributed by atoms with Crippen molar-refractivity contribution < 1.29 is 14.6 Å². The number of rotatable bonds is 1. The predicted molar refractivity (Wildman–Crippen MR) is 95.1 cm³/mol. The summed E-state index contributed by atoms with van der Waals surface area (Å²) in [6.45, 7) is 9.03. The largest absolute Gasteiger partial charge is 0.505 e. The molecule has 130 valence electrons. The molecule has 1 aromatic rings. The van der Waals surface area contributed by atoms with E-state index < -0.39 is 5.60 Å². The van der Waals surface area contributed by atoms with Crippen LogP contribution in [0.1, 0.15) is 33.3 Å². The second kappa shape index (κ2) is 6.89. The van der Waals surface area contributed by atoms with Gasteiger partial charge in [-0.15, -0.1) is 0 Å². The zero-order valence-electron chi connectivity index (χ0n) is 14.3. The molecule has 6 nitrogen and oxygen atoms in total. The molecule has 0 unspecified atom stereocenters. The Hall–Kier alpha value is -1.94. The predicted octanol–water partition coefficient (Wildman–Crippen LogP) is 3.47. The van der Waals surface area contributed by atoms with Gasteiger partial charge in [-0.1, -0.05) is 0 Å². The number of amides is 1. The van der Waals surface area contributed by atoms with Gasteiger partial charge in [0, 0.05) is 25.7 Å². The fourth-order valence-electron chi connectivity index (χ4n) is 2.68. The van der Waals surface area contributed by atoms with E-state index in [0.717, 1.165) is 0 Å². The van der Waals surface area contributed by atoms with Crippen LogP contribution in [-0.2, 0) is 4.74 Å². The molecule has 0 bridgehead atoms. The maximum Gasteiger partial charge on any atom is 0.410 e.